The lowest BCUT2D eigenvalue weighted by atomic mass is 10.1. The van der Waals surface area contributed by atoms with E-state index in [1.165, 1.54) is 16.2 Å². The molecule has 2 aliphatic rings. The van der Waals surface area contributed by atoms with Gasteiger partial charge in [-0.3, -0.25) is 25.2 Å². The van der Waals surface area contributed by atoms with Crippen LogP contribution in [0.5, 0.6) is 0 Å². The van der Waals surface area contributed by atoms with Crippen molar-refractivity contribution in [3.05, 3.63) is 21.4 Å². The average Bonchev–Trinajstić information content (AvgIpc) is 3.28. The van der Waals surface area contributed by atoms with Gasteiger partial charge in [-0.05, 0) is 31.4 Å². The van der Waals surface area contributed by atoms with Crippen molar-refractivity contribution in [3.63, 3.8) is 0 Å². The van der Waals surface area contributed by atoms with E-state index in [2.05, 4.69) is 10.9 Å². The van der Waals surface area contributed by atoms with Crippen molar-refractivity contribution in [1.29, 1.82) is 0 Å². The fraction of sp³-hybridized carbons (Fsp3) is 0.588. The van der Waals surface area contributed by atoms with Gasteiger partial charge in [0, 0.05) is 23.9 Å². The smallest absolute Gasteiger partial charge is 0.279 e. The number of nitrogens with one attached hydrogen (secondary N) is 2. The molecule has 2 aliphatic heterocycles. The summed E-state index contributed by atoms with van der Waals surface area (Å²) >= 11 is 1.39. The maximum absolute atomic E-state index is 12.3. The second kappa shape index (κ2) is 7.59. The van der Waals surface area contributed by atoms with Crippen LogP contribution in [0.15, 0.2) is 6.07 Å². The molecule has 2 fully saturated rings. The first kappa shape index (κ1) is 19.8. The van der Waals surface area contributed by atoms with Crippen LogP contribution >= 0.6 is 11.3 Å². The molecule has 3 rings (SSSR count). The summed E-state index contributed by atoms with van der Waals surface area (Å²) in [7, 11) is -3.10. The highest BCUT2D eigenvalue weighted by atomic mass is 32.2. The molecule has 27 heavy (non-hydrogen) atoms. The summed E-state index contributed by atoms with van der Waals surface area (Å²) in [6, 6.07) is 1.43. The molecule has 0 radical (unpaired) electrons. The van der Waals surface area contributed by atoms with Gasteiger partial charge in [0.05, 0.1) is 22.3 Å². The Labute approximate surface area is 162 Å². The fourth-order valence-corrected chi connectivity index (χ4v) is 6.29. The third kappa shape index (κ3) is 4.32. The quantitative estimate of drug-likeness (QED) is 0.695. The van der Waals surface area contributed by atoms with Gasteiger partial charge in [-0.2, -0.15) is 0 Å². The average molecular weight is 414 g/mol. The zero-order valence-electron chi connectivity index (χ0n) is 15.3. The summed E-state index contributed by atoms with van der Waals surface area (Å²) in [6.07, 6.45) is 1.28. The number of rotatable bonds is 4. The molecule has 3 amide bonds. The lowest BCUT2D eigenvalue weighted by Gasteiger charge is -2.22. The molecule has 0 spiro atoms. The number of amides is 3. The number of aryl methyl sites for hydroxylation is 2. The van der Waals surface area contributed by atoms with E-state index in [-0.39, 0.29) is 42.3 Å². The number of hydrogen-bond donors (Lipinski definition) is 2. The molecule has 0 unspecified atom stereocenters. The van der Waals surface area contributed by atoms with E-state index in [4.69, 9.17) is 0 Å². The Morgan fingerprint density at radius 2 is 2.07 bits per heavy atom. The Hall–Kier alpha value is -1.94. The molecule has 10 heteroatoms. The number of hydrogen-bond acceptors (Lipinski definition) is 6. The molecule has 148 valence electrons. The Morgan fingerprint density at radius 3 is 2.67 bits per heavy atom. The predicted molar refractivity (Wildman–Crippen MR) is 101 cm³/mol. The van der Waals surface area contributed by atoms with Crippen LogP contribution < -0.4 is 10.9 Å². The van der Waals surface area contributed by atoms with Crippen molar-refractivity contribution in [2.24, 2.45) is 5.92 Å². The minimum absolute atomic E-state index is 0.0242. The second-order valence-corrected chi connectivity index (χ2v) is 10.4. The van der Waals surface area contributed by atoms with Crippen molar-refractivity contribution in [2.45, 2.75) is 39.2 Å². The standard InChI is InChI=1S/C17H23N3O5S2/c1-3-13-10(2)6-14(26-13)17(23)19-18-16(22)11-7-15(21)20(8-11)12-4-5-27(24,25)9-12/h6,11-12H,3-5,7-9H2,1-2H3,(H,18,22)(H,19,23)/t11-,12-/m0/s1. The number of likely N-dealkylation sites (tertiary alicyclic amines) is 1. The zero-order chi connectivity index (χ0) is 19.8. The summed E-state index contributed by atoms with van der Waals surface area (Å²) in [5, 5.41) is 0. The molecule has 2 atom stereocenters. The van der Waals surface area contributed by atoms with E-state index in [9.17, 15) is 22.8 Å². The first-order valence-corrected chi connectivity index (χ1v) is 11.5. The van der Waals surface area contributed by atoms with Crippen LogP contribution in [0.2, 0.25) is 0 Å². The van der Waals surface area contributed by atoms with E-state index >= 15 is 0 Å². The van der Waals surface area contributed by atoms with Crippen LogP contribution in [0, 0.1) is 12.8 Å². The molecule has 3 heterocycles. The van der Waals surface area contributed by atoms with Gasteiger partial charge in [-0.1, -0.05) is 6.92 Å². The summed E-state index contributed by atoms with van der Waals surface area (Å²) in [5.74, 6) is -1.61. The molecular formula is C17H23N3O5S2. The number of hydrazine groups is 1. The van der Waals surface area contributed by atoms with Crippen molar-refractivity contribution in [2.75, 3.05) is 18.1 Å². The number of thiophene rings is 1. The van der Waals surface area contributed by atoms with Crippen molar-refractivity contribution in [3.8, 4) is 0 Å². The summed E-state index contributed by atoms with van der Waals surface area (Å²) in [4.78, 5) is 39.8. The third-order valence-corrected chi connectivity index (χ3v) is 8.17. The molecule has 1 aromatic rings. The van der Waals surface area contributed by atoms with E-state index < -0.39 is 21.7 Å². The Balaban J connectivity index is 1.54. The Bertz CT molecular complexity index is 877. The zero-order valence-corrected chi connectivity index (χ0v) is 16.9. The van der Waals surface area contributed by atoms with Crippen LogP contribution in [0.25, 0.3) is 0 Å². The molecule has 0 aliphatic carbocycles. The lowest BCUT2D eigenvalue weighted by molar-refractivity contribution is -0.130. The number of nitrogens with zero attached hydrogens (tertiary/aromatic N) is 1. The van der Waals surface area contributed by atoms with Gasteiger partial charge in [0.1, 0.15) is 0 Å². The second-order valence-electron chi connectivity index (χ2n) is 7.02. The monoisotopic (exact) mass is 413 g/mol. The van der Waals surface area contributed by atoms with Gasteiger partial charge < -0.3 is 4.90 Å². The predicted octanol–water partition coefficient (Wildman–Crippen LogP) is 0.416. The van der Waals surface area contributed by atoms with Crippen LogP contribution in [0.1, 0.15) is 39.9 Å². The van der Waals surface area contributed by atoms with E-state index in [0.717, 1.165) is 16.9 Å². The minimum Gasteiger partial charge on any atom is -0.338 e. The maximum atomic E-state index is 12.3. The van der Waals surface area contributed by atoms with Crippen LogP contribution in [0.4, 0.5) is 0 Å². The summed E-state index contributed by atoms with van der Waals surface area (Å²) in [6.45, 7) is 4.13. The molecule has 0 saturated carbocycles. The Morgan fingerprint density at radius 1 is 1.33 bits per heavy atom. The maximum Gasteiger partial charge on any atom is 0.279 e. The molecular weight excluding hydrogens is 390 g/mol. The Kier molecular flexibility index (Phi) is 5.57. The van der Waals surface area contributed by atoms with Crippen LogP contribution in [-0.2, 0) is 25.8 Å². The van der Waals surface area contributed by atoms with Gasteiger partial charge in [-0.15, -0.1) is 11.3 Å². The highest BCUT2D eigenvalue weighted by molar-refractivity contribution is 7.91. The van der Waals surface area contributed by atoms with E-state index in [1.54, 1.807) is 6.07 Å². The van der Waals surface area contributed by atoms with Gasteiger partial charge in [0.25, 0.3) is 5.91 Å². The highest BCUT2D eigenvalue weighted by Crippen LogP contribution is 2.26. The van der Waals surface area contributed by atoms with Gasteiger partial charge >= 0.3 is 0 Å². The van der Waals surface area contributed by atoms with Gasteiger partial charge in [0.15, 0.2) is 9.84 Å². The minimum atomic E-state index is -3.10. The molecule has 0 aromatic carbocycles. The largest absolute Gasteiger partial charge is 0.338 e. The summed E-state index contributed by atoms with van der Waals surface area (Å²) < 4.78 is 23.2. The molecule has 8 nitrogen and oxygen atoms in total. The number of carbonyl (C=O) groups is 3. The normalized spacial score (nSPS) is 24.2. The fourth-order valence-electron chi connectivity index (χ4n) is 3.55. The SMILES string of the molecule is CCc1sc(C(=O)NNC(=O)[C@H]2CC(=O)N([C@H]3CCS(=O)(=O)C3)C2)cc1C. The van der Waals surface area contributed by atoms with Crippen molar-refractivity contribution >= 4 is 38.9 Å². The van der Waals surface area contributed by atoms with Crippen LogP contribution in [-0.4, -0.2) is 55.1 Å². The topological polar surface area (TPSA) is 113 Å². The third-order valence-electron chi connectivity index (χ3n) is 5.04. The number of carbonyl (C=O) groups excluding carboxylic acids is 3. The molecule has 0 bridgehead atoms. The molecule has 1 aromatic heterocycles. The highest BCUT2D eigenvalue weighted by Gasteiger charge is 2.42. The first-order valence-electron chi connectivity index (χ1n) is 8.89. The number of sulfone groups is 1. The van der Waals surface area contributed by atoms with E-state index in [0.29, 0.717) is 11.3 Å². The van der Waals surface area contributed by atoms with Crippen molar-refractivity contribution in [1.82, 2.24) is 15.8 Å². The van der Waals surface area contributed by atoms with E-state index in [1.807, 2.05) is 13.8 Å². The van der Waals surface area contributed by atoms with Gasteiger partial charge in [-0.25, -0.2) is 8.42 Å². The first-order chi connectivity index (χ1) is 12.7. The molecule has 2 saturated heterocycles. The lowest BCUT2D eigenvalue weighted by Crippen LogP contribution is -2.45. The van der Waals surface area contributed by atoms with Crippen LogP contribution in [0.3, 0.4) is 0 Å². The molecule has 2 N–H and O–H groups in total. The van der Waals surface area contributed by atoms with Crippen molar-refractivity contribution < 1.29 is 22.8 Å². The van der Waals surface area contributed by atoms with Gasteiger partial charge in [0.2, 0.25) is 11.8 Å². The summed E-state index contributed by atoms with van der Waals surface area (Å²) in [5.41, 5.74) is 5.83.